The molecule has 0 aliphatic heterocycles. The first kappa shape index (κ1) is 17.7. The van der Waals surface area contributed by atoms with Crippen molar-refractivity contribution in [2.24, 2.45) is 0 Å². The zero-order valence-electron chi connectivity index (χ0n) is 14.3. The van der Waals surface area contributed by atoms with Crippen LogP contribution in [0.4, 0.5) is 0 Å². The minimum Gasteiger partial charge on any atom is -0.480 e. The third-order valence-corrected chi connectivity index (χ3v) is 3.85. The quantitative estimate of drug-likeness (QED) is 0.847. The van der Waals surface area contributed by atoms with Crippen molar-refractivity contribution >= 4 is 11.9 Å². The number of aliphatic carboxylic acids is 1. The Balaban J connectivity index is 2.20. The van der Waals surface area contributed by atoms with Gasteiger partial charge < -0.3 is 10.4 Å². The molecule has 1 atom stereocenters. The van der Waals surface area contributed by atoms with E-state index in [-0.39, 0.29) is 0 Å². The van der Waals surface area contributed by atoms with Crippen LogP contribution in [-0.4, -0.2) is 37.3 Å². The Morgan fingerprint density at radius 1 is 1.33 bits per heavy atom. The summed E-state index contributed by atoms with van der Waals surface area (Å²) in [4.78, 5) is 28.0. The third-order valence-electron chi connectivity index (χ3n) is 3.85. The predicted octanol–water partition coefficient (Wildman–Crippen LogP) is 2.26. The lowest BCUT2D eigenvalue weighted by Crippen LogP contribution is -2.52. The monoisotopic (exact) mass is 330 g/mol. The van der Waals surface area contributed by atoms with Crippen molar-refractivity contribution in [3.05, 3.63) is 41.3 Å². The average Bonchev–Trinajstić information content (AvgIpc) is 2.86. The summed E-state index contributed by atoms with van der Waals surface area (Å²) in [6, 6.07) is 5.24. The van der Waals surface area contributed by atoms with Gasteiger partial charge in [-0.3, -0.25) is 4.79 Å². The van der Waals surface area contributed by atoms with Gasteiger partial charge >= 0.3 is 5.97 Å². The van der Waals surface area contributed by atoms with Gasteiger partial charge in [-0.15, -0.1) is 0 Å². The average molecular weight is 330 g/mol. The molecule has 0 aliphatic rings. The van der Waals surface area contributed by atoms with Crippen molar-refractivity contribution in [1.82, 2.24) is 20.1 Å². The molecular formula is C17H22N4O3. The van der Waals surface area contributed by atoms with Crippen LogP contribution in [0.5, 0.6) is 0 Å². The van der Waals surface area contributed by atoms with E-state index in [1.165, 1.54) is 13.1 Å². The number of nitrogens with zero attached hydrogens (tertiary/aromatic N) is 3. The minimum absolute atomic E-state index is 0.309. The van der Waals surface area contributed by atoms with E-state index in [1.54, 1.807) is 16.8 Å². The van der Waals surface area contributed by atoms with E-state index in [4.69, 9.17) is 0 Å². The Bertz CT molecular complexity index is 752. The van der Waals surface area contributed by atoms with Crippen LogP contribution in [0.2, 0.25) is 0 Å². The summed E-state index contributed by atoms with van der Waals surface area (Å²) in [6.45, 7) is 7.20. The number of aryl methyl sites for hydroxylation is 2. The van der Waals surface area contributed by atoms with Crippen LogP contribution in [0.15, 0.2) is 24.4 Å². The van der Waals surface area contributed by atoms with Gasteiger partial charge in [0.2, 0.25) is 0 Å². The topological polar surface area (TPSA) is 97.1 Å². The molecule has 0 spiro atoms. The Hall–Kier alpha value is -2.70. The molecule has 0 aromatic carbocycles. The number of pyridine rings is 1. The standard InChI is InChI=1S/C17H22N4O3/c1-5-8-17(4,16(23)24)19-15(22)13-6-7-14(18-10-13)21-12(3)9-11(2)20-21/h6-7,9-10H,5,8H2,1-4H3,(H,19,22)(H,23,24). The number of hydrogen-bond acceptors (Lipinski definition) is 4. The van der Waals surface area contributed by atoms with Crippen LogP contribution in [-0.2, 0) is 4.79 Å². The molecule has 24 heavy (non-hydrogen) atoms. The highest BCUT2D eigenvalue weighted by Gasteiger charge is 2.34. The second-order valence-electron chi connectivity index (χ2n) is 6.09. The molecule has 2 heterocycles. The lowest BCUT2D eigenvalue weighted by Gasteiger charge is -2.25. The summed E-state index contributed by atoms with van der Waals surface area (Å²) in [6.07, 6.45) is 2.43. The van der Waals surface area contributed by atoms with E-state index in [1.807, 2.05) is 26.8 Å². The fraction of sp³-hybridized carbons (Fsp3) is 0.412. The summed E-state index contributed by atoms with van der Waals surface area (Å²) in [5.41, 5.74) is 0.843. The second kappa shape index (κ2) is 6.82. The minimum atomic E-state index is -1.29. The summed E-state index contributed by atoms with van der Waals surface area (Å²) < 4.78 is 1.69. The summed E-state index contributed by atoms with van der Waals surface area (Å²) in [7, 11) is 0. The zero-order chi connectivity index (χ0) is 17.9. The smallest absolute Gasteiger partial charge is 0.329 e. The molecule has 2 aromatic rings. The maximum atomic E-state index is 12.3. The molecule has 7 heteroatoms. The third kappa shape index (κ3) is 3.61. The Morgan fingerprint density at radius 2 is 2.04 bits per heavy atom. The molecule has 1 unspecified atom stereocenters. The molecule has 0 saturated heterocycles. The summed E-state index contributed by atoms with van der Waals surface area (Å²) in [5.74, 6) is -0.905. The number of carbonyl (C=O) groups excluding carboxylic acids is 1. The summed E-state index contributed by atoms with van der Waals surface area (Å²) >= 11 is 0. The van der Waals surface area contributed by atoms with E-state index < -0.39 is 17.4 Å². The van der Waals surface area contributed by atoms with Gasteiger partial charge in [-0.05, 0) is 45.4 Å². The molecule has 0 saturated carbocycles. The molecule has 0 fully saturated rings. The van der Waals surface area contributed by atoms with E-state index in [2.05, 4.69) is 15.4 Å². The molecule has 2 rings (SSSR count). The second-order valence-corrected chi connectivity index (χ2v) is 6.09. The molecule has 0 radical (unpaired) electrons. The molecule has 2 N–H and O–H groups in total. The van der Waals surface area contributed by atoms with Crippen LogP contribution < -0.4 is 5.32 Å². The molecule has 2 aromatic heterocycles. The van der Waals surface area contributed by atoms with Gasteiger partial charge in [0, 0.05) is 11.9 Å². The van der Waals surface area contributed by atoms with Gasteiger partial charge in [0.1, 0.15) is 5.54 Å². The lowest BCUT2D eigenvalue weighted by molar-refractivity contribution is -0.144. The molecule has 0 aliphatic carbocycles. The van der Waals surface area contributed by atoms with Crippen molar-refractivity contribution < 1.29 is 14.7 Å². The number of carboxylic acid groups (broad SMARTS) is 1. The number of nitrogens with one attached hydrogen (secondary N) is 1. The van der Waals surface area contributed by atoms with E-state index >= 15 is 0 Å². The normalized spacial score (nSPS) is 13.3. The Labute approximate surface area is 140 Å². The fourth-order valence-corrected chi connectivity index (χ4v) is 2.55. The van der Waals surface area contributed by atoms with Gasteiger partial charge in [0.15, 0.2) is 5.82 Å². The van der Waals surface area contributed by atoms with Crippen LogP contribution in [0, 0.1) is 13.8 Å². The van der Waals surface area contributed by atoms with Gasteiger partial charge in [0.05, 0.1) is 11.3 Å². The maximum absolute atomic E-state index is 12.3. The SMILES string of the molecule is CCCC(C)(NC(=O)c1ccc(-n2nc(C)cc2C)nc1)C(=O)O. The highest BCUT2D eigenvalue weighted by Crippen LogP contribution is 2.15. The number of aromatic nitrogens is 3. The zero-order valence-corrected chi connectivity index (χ0v) is 14.3. The molecule has 0 bridgehead atoms. The van der Waals surface area contributed by atoms with Crippen LogP contribution in [0.1, 0.15) is 48.4 Å². The van der Waals surface area contributed by atoms with Gasteiger partial charge in [-0.1, -0.05) is 13.3 Å². The van der Waals surface area contributed by atoms with E-state index in [0.29, 0.717) is 24.2 Å². The lowest BCUT2D eigenvalue weighted by atomic mass is 9.96. The van der Waals surface area contributed by atoms with Crippen molar-refractivity contribution in [3.63, 3.8) is 0 Å². The maximum Gasteiger partial charge on any atom is 0.329 e. The van der Waals surface area contributed by atoms with Gasteiger partial charge in [0.25, 0.3) is 5.91 Å². The van der Waals surface area contributed by atoms with E-state index in [0.717, 1.165) is 11.4 Å². The molecular weight excluding hydrogens is 308 g/mol. The van der Waals surface area contributed by atoms with Crippen molar-refractivity contribution in [2.45, 2.75) is 46.1 Å². The van der Waals surface area contributed by atoms with Gasteiger partial charge in [-0.2, -0.15) is 5.10 Å². The van der Waals surface area contributed by atoms with Crippen LogP contribution in [0.3, 0.4) is 0 Å². The summed E-state index contributed by atoms with van der Waals surface area (Å²) in [5, 5.41) is 16.3. The number of carbonyl (C=O) groups is 2. The van der Waals surface area contributed by atoms with Crippen LogP contribution >= 0.6 is 0 Å². The molecule has 128 valence electrons. The molecule has 1 amide bonds. The van der Waals surface area contributed by atoms with Crippen molar-refractivity contribution in [1.29, 1.82) is 0 Å². The largest absolute Gasteiger partial charge is 0.480 e. The first-order valence-corrected chi connectivity index (χ1v) is 7.82. The fourth-order valence-electron chi connectivity index (χ4n) is 2.55. The number of carboxylic acids is 1. The van der Waals surface area contributed by atoms with Crippen molar-refractivity contribution in [3.8, 4) is 5.82 Å². The Morgan fingerprint density at radius 3 is 2.50 bits per heavy atom. The van der Waals surface area contributed by atoms with E-state index in [9.17, 15) is 14.7 Å². The first-order chi connectivity index (χ1) is 11.3. The van der Waals surface area contributed by atoms with Crippen LogP contribution in [0.25, 0.3) is 5.82 Å². The number of hydrogen-bond donors (Lipinski definition) is 2. The van der Waals surface area contributed by atoms with Crippen molar-refractivity contribution in [2.75, 3.05) is 0 Å². The predicted molar refractivity (Wildman–Crippen MR) is 89.2 cm³/mol. The highest BCUT2D eigenvalue weighted by atomic mass is 16.4. The first-order valence-electron chi connectivity index (χ1n) is 7.82. The number of amides is 1. The Kier molecular flexibility index (Phi) is 5.02. The number of rotatable bonds is 6. The van der Waals surface area contributed by atoms with Gasteiger partial charge in [-0.25, -0.2) is 14.5 Å². The molecule has 7 nitrogen and oxygen atoms in total. The highest BCUT2D eigenvalue weighted by molar-refractivity contribution is 5.97.